The van der Waals surface area contributed by atoms with E-state index in [0.29, 0.717) is 53.8 Å². The van der Waals surface area contributed by atoms with Crippen molar-refractivity contribution in [3.05, 3.63) is 111 Å². The van der Waals surface area contributed by atoms with Crippen LogP contribution in [-0.2, 0) is 13.0 Å². The molecule has 0 bridgehead atoms. The fourth-order valence-electron chi connectivity index (χ4n) is 6.27. The van der Waals surface area contributed by atoms with Crippen molar-refractivity contribution in [2.24, 2.45) is 5.73 Å². The predicted octanol–water partition coefficient (Wildman–Crippen LogP) is 7.15. The van der Waals surface area contributed by atoms with Crippen LogP contribution in [0.15, 0.2) is 71.1 Å². The quantitative estimate of drug-likeness (QED) is 0.119. The number of nitrogens with one attached hydrogen (secondary N) is 3. The number of halogens is 1. The highest BCUT2D eigenvalue weighted by Gasteiger charge is 2.24. The maximum atomic E-state index is 13.9. The van der Waals surface area contributed by atoms with Crippen molar-refractivity contribution >= 4 is 17.5 Å². The Hall–Kier alpha value is -4.13. The van der Waals surface area contributed by atoms with Crippen LogP contribution in [-0.4, -0.2) is 37.7 Å². The summed E-state index contributed by atoms with van der Waals surface area (Å²) in [5, 5.41) is 20.1. The van der Waals surface area contributed by atoms with Gasteiger partial charge in [-0.05, 0) is 93.8 Å². The Bertz CT molecular complexity index is 1740. The summed E-state index contributed by atoms with van der Waals surface area (Å²) in [6.07, 6.45) is 4.59. The van der Waals surface area contributed by atoms with Crippen LogP contribution >= 0.6 is 11.6 Å². The molecule has 1 heterocycles. The van der Waals surface area contributed by atoms with Crippen molar-refractivity contribution in [3.8, 4) is 23.1 Å². The van der Waals surface area contributed by atoms with Gasteiger partial charge in [-0.1, -0.05) is 53.6 Å². The molecule has 5 N–H and O–H groups in total. The molecule has 3 aromatic carbocycles. The minimum atomic E-state index is -0.285. The number of hydrogen-bond acceptors (Lipinski definition) is 7. The van der Waals surface area contributed by atoms with Gasteiger partial charge in [0.05, 0.1) is 41.4 Å². The third kappa shape index (κ3) is 9.06. The molecule has 48 heavy (non-hydrogen) atoms. The second kappa shape index (κ2) is 16.3. The van der Waals surface area contributed by atoms with E-state index in [1.54, 1.807) is 19.2 Å². The molecular formula is C39H46ClN5O3. The van der Waals surface area contributed by atoms with Gasteiger partial charge in [0.1, 0.15) is 17.3 Å². The van der Waals surface area contributed by atoms with Crippen LogP contribution in [0.5, 0.6) is 5.75 Å². The number of hydrogen-bond donors (Lipinski definition) is 4. The first-order valence-corrected chi connectivity index (χ1v) is 17.1. The number of aryl methyl sites for hydroxylation is 2. The Morgan fingerprint density at radius 2 is 1.81 bits per heavy atom. The molecule has 9 heteroatoms. The molecule has 1 saturated carbocycles. The molecule has 5 rings (SSSR count). The Labute approximate surface area is 289 Å². The molecule has 8 nitrogen and oxygen atoms in total. The number of furan rings is 1. The van der Waals surface area contributed by atoms with Gasteiger partial charge in [0.2, 0.25) is 0 Å². The molecule has 4 aromatic rings. The third-order valence-corrected chi connectivity index (χ3v) is 9.59. The van der Waals surface area contributed by atoms with E-state index in [-0.39, 0.29) is 29.1 Å². The first-order valence-electron chi connectivity index (χ1n) is 16.7. The molecule has 0 radical (unpaired) electrons. The molecule has 0 spiro atoms. The Morgan fingerprint density at radius 3 is 2.50 bits per heavy atom. The van der Waals surface area contributed by atoms with E-state index in [0.717, 1.165) is 42.6 Å². The second-order valence-electron chi connectivity index (χ2n) is 13.0. The van der Waals surface area contributed by atoms with Crippen LogP contribution in [0.1, 0.15) is 82.6 Å². The summed E-state index contributed by atoms with van der Waals surface area (Å²) in [5.41, 5.74) is 12.1. The van der Waals surface area contributed by atoms with E-state index in [2.05, 4.69) is 60.1 Å². The molecule has 2 unspecified atom stereocenters. The highest BCUT2D eigenvalue weighted by atomic mass is 35.5. The number of amides is 1. The van der Waals surface area contributed by atoms with E-state index in [9.17, 15) is 10.1 Å². The number of carbonyl (C=O) groups is 1. The number of nitrogens with two attached hydrogens (primary N) is 1. The monoisotopic (exact) mass is 667 g/mol. The van der Waals surface area contributed by atoms with E-state index >= 15 is 0 Å². The summed E-state index contributed by atoms with van der Waals surface area (Å²) in [7, 11) is 1.57. The summed E-state index contributed by atoms with van der Waals surface area (Å²) < 4.78 is 11.9. The fourth-order valence-corrected chi connectivity index (χ4v) is 6.51. The zero-order chi connectivity index (χ0) is 34.2. The van der Waals surface area contributed by atoms with Crippen molar-refractivity contribution in [3.63, 3.8) is 0 Å². The van der Waals surface area contributed by atoms with Gasteiger partial charge in [-0.15, -0.1) is 0 Å². The lowest BCUT2D eigenvalue weighted by molar-refractivity contribution is 0.0935. The van der Waals surface area contributed by atoms with Crippen LogP contribution in [0.2, 0.25) is 5.02 Å². The molecule has 2 atom stereocenters. The normalized spacial score (nSPS) is 17.4. The molecule has 252 valence electrons. The highest BCUT2D eigenvalue weighted by molar-refractivity contribution is 6.34. The van der Waals surface area contributed by atoms with Crippen LogP contribution in [0.4, 0.5) is 0 Å². The van der Waals surface area contributed by atoms with Crippen molar-refractivity contribution < 1.29 is 13.9 Å². The SMILES string of the molecule is COc1cc(Cl)c(C(=O)NC(CNC2CCC(N)CC2)Cc2ccc(C#N)c(C)c2)cc1-c1ccc(CNC(C)c2ccc(C)cc2)o1. The van der Waals surface area contributed by atoms with Crippen molar-refractivity contribution in [1.82, 2.24) is 16.0 Å². The maximum Gasteiger partial charge on any atom is 0.253 e. The Morgan fingerprint density at radius 1 is 1.06 bits per heavy atom. The minimum absolute atomic E-state index is 0.144. The number of nitrogens with zero attached hydrogens (tertiary/aromatic N) is 1. The van der Waals surface area contributed by atoms with E-state index < -0.39 is 0 Å². The number of nitriles is 1. The molecule has 1 aliphatic carbocycles. The largest absolute Gasteiger partial charge is 0.496 e. The topological polar surface area (TPSA) is 125 Å². The van der Waals surface area contributed by atoms with Gasteiger partial charge in [0, 0.05) is 36.8 Å². The average molecular weight is 668 g/mol. The van der Waals surface area contributed by atoms with Gasteiger partial charge in [0.15, 0.2) is 0 Å². The van der Waals surface area contributed by atoms with Crippen LogP contribution < -0.4 is 26.4 Å². The summed E-state index contributed by atoms with van der Waals surface area (Å²) in [6.45, 7) is 7.25. The number of benzene rings is 3. The fraction of sp³-hybridized carbons (Fsp3) is 0.385. The molecule has 1 aromatic heterocycles. The van der Waals surface area contributed by atoms with Crippen molar-refractivity contribution in [2.75, 3.05) is 13.7 Å². The highest BCUT2D eigenvalue weighted by Crippen LogP contribution is 2.36. The summed E-state index contributed by atoms with van der Waals surface area (Å²) in [4.78, 5) is 13.9. The van der Waals surface area contributed by atoms with Gasteiger partial charge in [-0.25, -0.2) is 0 Å². The minimum Gasteiger partial charge on any atom is -0.496 e. The second-order valence-corrected chi connectivity index (χ2v) is 13.4. The molecule has 1 fully saturated rings. The third-order valence-electron chi connectivity index (χ3n) is 9.27. The van der Waals surface area contributed by atoms with Crippen molar-refractivity contribution in [1.29, 1.82) is 5.26 Å². The summed E-state index contributed by atoms with van der Waals surface area (Å²) in [5.74, 6) is 1.57. The lowest BCUT2D eigenvalue weighted by Gasteiger charge is -2.29. The Balaban J connectivity index is 1.32. The molecular weight excluding hydrogens is 622 g/mol. The molecule has 0 aliphatic heterocycles. The number of ether oxygens (including phenoxy) is 1. The van der Waals surface area contributed by atoms with E-state index in [1.807, 2.05) is 37.3 Å². The van der Waals surface area contributed by atoms with Crippen molar-refractivity contribution in [2.45, 2.75) is 83.6 Å². The first-order chi connectivity index (χ1) is 23.1. The summed E-state index contributed by atoms with van der Waals surface area (Å²) in [6, 6.07) is 24.3. The maximum absolute atomic E-state index is 13.9. The first kappa shape index (κ1) is 35.2. The van der Waals surface area contributed by atoms with Gasteiger partial charge in [0.25, 0.3) is 5.91 Å². The zero-order valence-corrected chi connectivity index (χ0v) is 29.0. The lowest BCUT2D eigenvalue weighted by atomic mass is 9.91. The number of carbonyl (C=O) groups excluding carboxylic acids is 1. The van der Waals surface area contributed by atoms with E-state index in [4.69, 9.17) is 26.5 Å². The van der Waals surface area contributed by atoms with Crippen LogP contribution in [0, 0.1) is 25.2 Å². The summed E-state index contributed by atoms with van der Waals surface area (Å²) >= 11 is 6.69. The zero-order valence-electron chi connectivity index (χ0n) is 28.2. The van der Waals surface area contributed by atoms with Crippen LogP contribution in [0.3, 0.4) is 0 Å². The van der Waals surface area contributed by atoms with Gasteiger partial charge in [-0.2, -0.15) is 5.26 Å². The van der Waals surface area contributed by atoms with Gasteiger partial charge >= 0.3 is 0 Å². The molecule has 1 amide bonds. The average Bonchev–Trinajstić information content (AvgIpc) is 3.56. The van der Waals surface area contributed by atoms with Crippen LogP contribution in [0.25, 0.3) is 11.3 Å². The van der Waals surface area contributed by atoms with Gasteiger partial charge in [-0.3, -0.25) is 4.79 Å². The number of methoxy groups -OCH3 is 1. The Kier molecular flexibility index (Phi) is 12.0. The smallest absolute Gasteiger partial charge is 0.253 e. The standard InChI is InChI=1S/C39H46ClN5O3/c1-24-5-8-28(9-6-24)26(3)43-23-33-15-16-37(48-33)35-19-34(36(40)20-38(35)47-4)39(46)45-32(22-44-31-13-11-30(42)12-14-31)18-27-7-10-29(21-41)25(2)17-27/h5-10,15-17,19-20,26,30-32,43-44H,11-14,18,22-23,42H2,1-4H3,(H,45,46). The van der Waals surface area contributed by atoms with Gasteiger partial charge < -0.3 is 30.8 Å². The predicted molar refractivity (Wildman–Crippen MR) is 191 cm³/mol. The lowest BCUT2D eigenvalue weighted by Crippen LogP contribution is -2.47. The number of rotatable bonds is 13. The van der Waals surface area contributed by atoms with E-state index in [1.165, 1.54) is 11.1 Å². The molecule has 0 saturated heterocycles. The molecule has 1 aliphatic rings.